The van der Waals surface area contributed by atoms with Crippen LogP contribution < -0.4 is 15.6 Å². The van der Waals surface area contributed by atoms with Gasteiger partial charge in [0.2, 0.25) is 5.91 Å². The van der Waals surface area contributed by atoms with Crippen LogP contribution in [0.15, 0.2) is 58.5 Å². The van der Waals surface area contributed by atoms with Crippen molar-refractivity contribution in [1.29, 1.82) is 0 Å². The molecule has 1 aliphatic carbocycles. The highest BCUT2D eigenvalue weighted by molar-refractivity contribution is 8.00. The van der Waals surface area contributed by atoms with Gasteiger partial charge in [0.05, 0.1) is 23.3 Å². The summed E-state index contributed by atoms with van der Waals surface area (Å²) >= 11 is 1.34. The Bertz CT molecular complexity index is 1140. The number of carbonyl (C=O) groups excluding carboxylic acids is 1. The molecule has 1 amide bonds. The molecule has 1 fully saturated rings. The Balaban J connectivity index is 1.63. The Labute approximate surface area is 186 Å². The Morgan fingerprint density at radius 2 is 1.94 bits per heavy atom. The van der Waals surface area contributed by atoms with Gasteiger partial charge in [-0.3, -0.25) is 14.2 Å². The van der Waals surface area contributed by atoms with Crippen LogP contribution in [0.2, 0.25) is 0 Å². The first-order chi connectivity index (χ1) is 15.1. The van der Waals surface area contributed by atoms with E-state index in [1.54, 1.807) is 13.2 Å². The second kappa shape index (κ2) is 9.56. The molecule has 1 unspecified atom stereocenters. The molecule has 1 heterocycles. The number of nitrogens with zero attached hydrogens (tertiary/aromatic N) is 2. The zero-order chi connectivity index (χ0) is 21.8. The van der Waals surface area contributed by atoms with Crippen molar-refractivity contribution in [3.8, 4) is 5.75 Å². The van der Waals surface area contributed by atoms with Crippen molar-refractivity contribution in [2.45, 2.75) is 55.5 Å². The molecular formula is C24H27N3O3S. The number of benzene rings is 2. The summed E-state index contributed by atoms with van der Waals surface area (Å²) in [7, 11) is 1.59. The number of anilines is 1. The van der Waals surface area contributed by atoms with Gasteiger partial charge in [0.15, 0.2) is 5.16 Å². The van der Waals surface area contributed by atoms with Crippen LogP contribution in [0.1, 0.15) is 45.1 Å². The number of carbonyl (C=O) groups is 1. The van der Waals surface area contributed by atoms with Gasteiger partial charge in [-0.1, -0.05) is 49.2 Å². The highest BCUT2D eigenvalue weighted by atomic mass is 32.2. The van der Waals surface area contributed by atoms with Gasteiger partial charge >= 0.3 is 0 Å². The molecule has 0 radical (unpaired) electrons. The Morgan fingerprint density at radius 1 is 1.16 bits per heavy atom. The lowest BCUT2D eigenvalue weighted by Gasteiger charge is -2.26. The molecule has 1 aromatic heterocycles. The number of fused-ring (bicyclic) bond motifs is 1. The average molecular weight is 438 g/mol. The summed E-state index contributed by atoms with van der Waals surface area (Å²) in [5.74, 6) is 0.538. The zero-order valence-corrected chi connectivity index (χ0v) is 18.7. The number of para-hydroxylation sites is 1. The van der Waals surface area contributed by atoms with Crippen molar-refractivity contribution >= 4 is 34.3 Å². The first-order valence-corrected chi connectivity index (χ1v) is 11.6. The third-order valence-corrected chi connectivity index (χ3v) is 6.77. The predicted molar refractivity (Wildman–Crippen MR) is 125 cm³/mol. The molecule has 6 nitrogen and oxygen atoms in total. The van der Waals surface area contributed by atoms with E-state index in [9.17, 15) is 9.59 Å². The predicted octanol–water partition coefficient (Wildman–Crippen LogP) is 5.03. The minimum atomic E-state index is -0.422. The molecule has 1 saturated carbocycles. The number of rotatable bonds is 6. The second-order valence-electron chi connectivity index (χ2n) is 7.86. The normalized spacial score (nSPS) is 15.5. The van der Waals surface area contributed by atoms with E-state index in [-0.39, 0.29) is 17.5 Å². The Kier molecular flexibility index (Phi) is 6.61. The highest BCUT2D eigenvalue weighted by Gasteiger charge is 2.25. The van der Waals surface area contributed by atoms with Crippen LogP contribution in [0.3, 0.4) is 0 Å². The van der Waals surface area contributed by atoms with Gasteiger partial charge in [-0.25, -0.2) is 4.98 Å². The SMILES string of the molecule is COc1cccc(NC(=O)C(C)Sc2nc3ccccc3c(=O)n2C2CCCCC2)c1. The van der Waals surface area contributed by atoms with Crippen LogP contribution in [0.4, 0.5) is 5.69 Å². The van der Waals surface area contributed by atoms with Crippen molar-refractivity contribution in [3.63, 3.8) is 0 Å². The number of nitrogens with one attached hydrogen (secondary N) is 1. The smallest absolute Gasteiger partial charge is 0.262 e. The summed E-state index contributed by atoms with van der Waals surface area (Å²) in [6.07, 6.45) is 5.36. The fourth-order valence-corrected chi connectivity index (χ4v) is 5.01. The number of methoxy groups -OCH3 is 1. The van der Waals surface area contributed by atoms with E-state index < -0.39 is 5.25 Å². The maximum absolute atomic E-state index is 13.4. The lowest BCUT2D eigenvalue weighted by Crippen LogP contribution is -2.30. The van der Waals surface area contributed by atoms with Crippen LogP contribution in [-0.4, -0.2) is 27.8 Å². The van der Waals surface area contributed by atoms with Gasteiger partial charge in [0, 0.05) is 17.8 Å². The third kappa shape index (κ3) is 4.77. The van der Waals surface area contributed by atoms with Crippen molar-refractivity contribution in [2.75, 3.05) is 12.4 Å². The molecule has 1 N–H and O–H groups in total. The standard InChI is InChI=1S/C24H27N3O3S/c1-16(22(28)25-17-9-8-12-19(15-17)30-2)31-24-26-21-14-7-6-13-20(21)23(29)27(24)18-10-4-3-5-11-18/h6-9,12-16,18H,3-5,10-11H2,1-2H3,(H,25,28). The molecular weight excluding hydrogens is 410 g/mol. The molecule has 3 aromatic rings. The summed E-state index contributed by atoms with van der Waals surface area (Å²) in [5.41, 5.74) is 1.33. The maximum Gasteiger partial charge on any atom is 0.262 e. The monoisotopic (exact) mass is 437 g/mol. The van der Waals surface area contributed by atoms with Gasteiger partial charge in [-0.15, -0.1) is 0 Å². The fraction of sp³-hybridized carbons (Fsp3) is 0.375. The van der Waals surface area contributed by atoms with E-state index in [1.807, 2.05) is 54.0 Å². The molecule has 0 spiro atoms. The van der Waals surface area contributed by atoms with Crippen LogP contribution in [0.25, 0.3) is 10.9 Å². The molecule has 0 bridgehead atoms. The van der Waals surface area contributed by atoms with Crippen molar-refractivity contribution in [1.82, 2.24) is 9.55 Å². The minimum Gasteiger partial charge on any atom is -0.497 e. The van der Waals surface area contributed by atoms with E-state index >= 15 is 0 Å². The molecule has 7 heteroatoms. The van der Waals surface area contributed by atoms with Crippen molar-refractivity contribution in [3.05, 3.63) is 58.9 Å². The summed E-state index contributed by atoms with van der Waals surface area (Å²) < 4.78 is 7.06. The first kappa shape index (κ1) is 21.4. The van der Waals surface area contributed by atoms with Crippen molar-refractivity contribution < 1.29 is 9.53 Å². The summed E-state index contributed by atoms with van der Waals surface area (Å²) in [4.78, 5) is 31.0. The van der Waals surface area contributed by atoms with Gasteiger partial charge in [-0.2, -0.15) is 0 Å². The van der Waals surface area contributed by atoms with E-state index in [4.69, 9.17) is 9.72 Å². The Hall–Kier alpha value is -2.80. The number of thioether (sulfide) groups is 1. The van der Waals surface area contributed by atoms with E-state index in [0.717, 1.165) is 25.7 Å². The van der Waals surface area contributed by atoms with E-state index in [2.05, 4.69) is 5.32 Å². The lowest BCUT2D eigenvalue weighted by molar-refractivity contribution is -0.115. The van der Waals surface area contributed by atoms with Crippen LogP contribution >= 0.6 is 11.8 Å². The highest BCUT2D eigenvalue weighted by Crippen LogP contribution is 2.32. The number of hydrogen-bond acceptors (Lipinski definition) is 5. The summed E-state index contributed by atoms with van der Waals surface area (Å²) in [6, 6.07) is 14.8. The van der Waals surface area contributed by atoms with Gasteiger partial charge in [-0.05, 0) is 44.0 Å². The molecule has 0 saturated heterocycles. The maximum atomic E-state index is 13.4. The molecule has 4 rings (SSSR count). The topological polar surface area (TPSA) is 73.2 Å². The number of amides is 1. The van der Waals surface area contributed by atoms with Crippen molar-refractivity contribution in [2.24, 2.45) is 0 Å². The van der Waals surface area contributed by atoms with E-state index in [0.29, 0.717) is 27.5 Å². The number of hydrogen-bond donors (Lipinski definition) is 1. The van der Waals surface area contributed by atoms with Gasteiger partial charge in [0.25, 0.3) is 5.56 Å². The lowest BCUT2D eigenvalue weighted by atomic mass is 9.95. The first-order valence-electron chi connectivity index (χ1n) is 10.7. The molecule has 31 heavy (non-hydrogen) atoms. The van der Waals surface area contributed by atoms with E-state index in [1.165, 1.54) is 18.2 Å². The Morgan fingerprint density at radius 3 is 2.71 bits per heavy atom. The van der Waals surface area contributed by atoms with Crippen LogP contribution in [0.5, 0.6) is 5.75 Å². The van der Waals surface area contributed by atoms with Crippen LogP contribution in [0, 0.1) is 0 Å². The average Bonchev–Trinajstić information content (AvgIpc) is 2.80. The third-order valence-electron chi connectivity index (χ3n) is 5.70. The molecule has 0 aliphatic heterocycles. The second-order valence-corrected chi connectivity index (χ2v) is 9.17. The molecule has 1 aliphatic rings. The minimum absolute atomic E-state index is 0.0135. The molecule has 1 atom stereocenters. The number of ether oxygens (including phenoxy) is 1. The van der Waals surface area contributed by atoms with Crippen LogP contribution in [-0.2, 0) is 4.79 Å². The fourth-order valence-electron chi connectivity index (χ4n) is 4.03. The molecule has 2 aromatic carbocycles. The summed E-state index contributed by atoms with van der Waals surface area (Å²) in [6.45, 7) is 1.84. The molecule has 162 valence electrons. The largest absolute Gasteiger partial charge is 0.497 e. The zero-order valence-electron chi connectivity index (χ0n) is 17.8. The number of aromatic nitrogens is 2. The summed E-state index contributed by atoms with van der Waals surface area (Å²) in [5, 5.41) is 3.76. The quantitative estimate of drug-likeness (QED) is 0.432. The van der Waals surface area contributed by atoms with Gasteiger partial charge < -0.3 is 10.1 Å². The van der Waals surface area contributed by atoms with Gasteiger partial charge in [0.1, 0.15) is 5.75 Å².